The van der Waals surface area contributed by atoms with E-state index in [0.29, 0.717) is 12.1 Å². The van der Waals surface area contributed by atoms with Gasteiger partial charge in [0.2, 0.25) is 0 Å². The third kappa shape index (κ3) is 3.58. The van der Waals surface area contributed by atoms with Crippen molar-refractivity contribution in [1.29, 1.82) is 0 Å². The van der Waals surface area contributed by atoms with E-state index in [9.17, 15) is 4.79 Å². The largest absolute Gasteiger partial charge is 0.497 e. The van der Waals surface area contributed by atoms with E-state index in [0.717, 1.165) is 22.6 Å². The Hall–Kier alpha value is -2.49. The van der Waals surface area contributed by atoms with Crippen molar-refractivity contribution >= 4 is 5.91 Å². The van der Waals surface area contributed by atoms with Crippen molar-refractivity contribution in [2.75, 3.05) is 21.3 Å². The quantitative estimate of drug-likeness (QED) is 0.850. The van der Waals surface area contributed by atoms with Crippen LogP contribution in [-0.4, -0.2) is 32.1 Å². The Morgan fingerprint density at radius 2 is 1.73 bits per heavy atom. The highest BCUT2D eigenvalue weighted by atomic mass is 16.5. The van der Waals surface area contributed by atoms with Gasteiger partial charge in [-0.25, -0.2) is 0 Å². The van der Waals surface area contributed by atoms with Gasteiger partial charge in [0.15, 0.2) is 0 Å². The Morgan fingerprint density at radius 1 is 1.05 bits per heavy atom. The van der Waals surface area contributed by atoms with Crippen molar-refractivity contribution in [3.05, 3.63) is 59.2 Å². The molecular formula is C18H21NO3. The maximum atomic E-state index is 12.5. The van der Waals surface area contributed by atoms with Crippen LogP contribution in [0.15, 0.2) is 42.5 Å². The number of carbonyl (C=O) groups excluding carboxylic acids is 1. The molecule has 4 nitrogen and oxygen atoms in total. The summed E-state index contributed by atoms with van der Waals surface area (Å²) in [6, 6.07) is 13.2. The van der Waals surface area contributed by atoms with Crippen molar-refractivity contribution in [3.8, 4) is 11.5 Å². The zero-order valence-electron chi connectivity index (χ0n) is 13.4. The first-order valence-electron chi connectivity index (χ1n) is 7.08. The predicted molar refractivity (Wildman–Crippen MR) is 86.5 cm³/mol. The highest BCUT2D eigenvalue weighted by molar-refractivity contribution is 5.94. The van der Waals surface area contributed by atoms with Gasteiger partial charge in [0, 0.05) is 19.2 Å². The fraction of sp³-hybridized carbons (Fsp3) is 0.278. The van der Waals surface area contributed by atoms with Crippen LogP contribution in [0.2, 0.25) is 0 Å². The molecule has 2 aromatic carbocycles. The van der Waals surface area contributed by atoms with Crippen LogP contribution in [0.5, 0.6) is 11.5 Å². The first kappa shape index (κ1) is 15.9. The molecule has 2 aromatic rings. The number of methoxy groups -OCH3 is 2. The average Bonchev–Trinajstić information content (AvgIpc) is 2.54. The fourth-order valence-corrected chi connectivity index (χ4v) is 2.31. The second-order valence-electron chi connectivity index (χ2n) is 5.19. The molecule has 4 heteroatoms. The average molecular weight is 299 g/mol. The molecule has 22 heavy (non-hydrogen) atoms. The van der Waals surface area contributed by atoms with Crippen molar-refractivity contribution < 1.29 is 14.3 Å². The summed E-state index contributed by atoms with van der Waals surface area (Å²) in [6.07, 6.45) is 0. The zero-order chi connectivity index (χ0) is 16.1. The first-order chi connectivity index (χ1) is 10.5. The van der Waals surface area contributed by atoms with Gasteiger partial charge in [0.1, 0.15) is 11.5 Å². The lowest BCUT2D eigenvalue weighted by Crippen LogP contribution is -2.26. The van der Waals surface area contributed by atoms with Gasteiger partial charge in [0.25, 0.3) is 5.91 Å². The molecule has 0 unspecified atom stereocenters. The standard InChI is InChI=1S/C18H21NO3/c1-13-11-15(7-10-17(13)22-4)18(20)19(2)12-14-5-8-16(21-3)9-6-14/h5-11H,12H2,1-4H3. The molecule has 0 aliphatic carbocycles. The zero-order valence-corrected chi connectivity index (χ0v) is 13.4. The smallest absolute Gasteiger partial charge is 0.253 e. The molecule has 0 spiro atoms. The maximum absolute atomic E-state index is 12.5. The summed E-state index contributed by atoms with van der Waals surface area (Å²) in [5.74, 6) is 1.58. The highest BCUT2D eigenvalue weighted by Gasteiger charge is 2.13. The van der Waals surface area contributed by atoms with E-state index in [2.05, 4.69) is 0 Å². The number of hydrogen-bond acceptors (Lipinski definition) is 3. The van der Waals surface area contributed by atoms with Crippen LogP contribution in [0.3, 0.4) is 0 Å². The Kier molecular flexibility index (Phi) is 5.04. The van der Waals surface area contributed by atoms with Gasteiger partial charge in [0.05, 0.1) is 14.2 Å². The van der Waals surface area contributed by atoms with Crippen molar-refractivity contribution in [2.24, 2.45) is 0 Å². The third-order valence-corrected chi connectivity index (χ3v) is 3.57. The summed E-state index contributed by atoms with van der Waals surface area (Å²) < 4.78 is 10.4. The fourth-order valence-electron chi connectivity index (χ4n) is 2.31. The van der Waals surface area contributed by atoms with Crippen LogP contribution in [0.25, 0.3) is 0 Å². The molecule has 0 aliphatic heterocycles. The third-order valence-electron chi connectivity index (χ3n) is 3.57. The van der Waals surface area contributed by atoms with Gasteiger partial charge in [-0.05, 0) is 48.4 Å². The Bertz CT molecular complexity index is 650. The van der Waals surface area contributed by atoms with E-state index >= 15 is 0 Å². The lowest BCUT2D eigenvalue weighted by Gasteiger charge is -2.18. The minimum absolute atomic E-state index is 0.0124. The van der Waals surface area contributed by atoms with Crippen molar-refractivity contribution in [1.82, 2.24) is 4.90 Å². The van der Waals surface area contributed by atoms with Crippen LogP contribution in [-0.2, 0) is 6.54 Å². The number of benzene rings is 2. The number of ether oxygens (including phenoxy) is 2. The van der Waals surface area contributed by atoms with Crippen LogP contribution in [0.1, 0.15) is 21.5 Å². The van der Waals surface area contributed by atoms with E-state index in [1.807, 2.05) is 43.3 Å². The molecule has 0 atom stereocenters. The summed E-state index contributed by atoms with van der Waals surface area (Å²) in [7, 11) is 5.06. The van der Waals surface area contributed by atoms with Crippen LogP contribution >= 0.6 is 0 Å². The molecule has 0 heterocycles. The molecule has 0 aliphatic rings. The molecule has 0 fully saturated rings. The van der Waals surface area contributed by atoms with Crippen LogP contribution in [0, 0.1) is 6.92 Å². The Balaban J connectivity index is 2.09. The van der Waals surface area contributed by atoms with E-state index in [1.165, 1.54) is 0 Å². The van der Waals surface area contributed by atoms with E-state index < -0.39 is 0 Å². The summed E-state index contributed by atoms with van der Waals surface area (Å²) >= 11 is 0. The number of amides is 1. The van der Waals surface area contributed by atoms with Gasteiger partial charge in [-0.2, -0.15) is 0 Å². The number of rotatable bonds is 5. The summed E-state index contributed by atoms with van der Waals surface area (Å²) in [6.45, 7) is 2.48. The molecule has 0 bridgehead atoms. The Labute approximate surface area is 131 Å². The monoisotopic (exact) mass is 299 g/mol. The van der Waals surface area contributed by atoms with E-state index in [-0.39, 0.29) is 5.91 Å². The van der Waals surface area contributed by atoms with Gasteiger partial charge < -0.3 is 14.4 Å². The minimum Gasteiger partial charge on any atom is -0.497 e. The summed E-state index contributed by atoms with van der Waals surface area (Å²) in [4.78, 5) is 14.2. The number of aryl methyl sites for hydroxylation is 1. The lowest BCUT2D eigenvalue weighted by molar-refractivity contribution is 0.0785. The van der Waals surface area contributed by atoms with Crippen molar-refractivity contribution in [2.45, 2.75) is 13.5 Å². The molecule has 0 saturated carbocycles. The molecule has 1 amide bonds. The minimum atomic E-state index is -0.0124. The van der Waals surface area contributed by atoms with Crippen LogP contribution in [0.4, 0.5) is 0 Å². The summed E-state index contributed by atoms with van der Waals surface area (Å²) in [5.41, 5.74) is 2.67. The maximum Gasteiger partial charge on any atom is 0.253 e. The SMILES string of the molecule is COc1ccc(CN(C)C(=O)c2ccc(OC)c(C)c2)cc1. The first-order valence-corrected chi connectivity index (χ1v) is 7.08. The molecule has 116 valence electrons. The molecule has 0 N–H and O–H groups in total. The molecule has 0 saturated heterocycles. The van der Waals surface area contributed by atoms with Gasteiger partial charge in [-0.1, -0.05) is 12.1 Å². The summed E-state index contributed by atoms with van der Waals surface area (Å²) in [5, 5.41) is 0. The van der Waals surface area contributed by atoms with Crippen LogP contribution < -0.4 is 9.47 Å². The number of nitrogens with zero attached hydrogens (tertiary/aromatic N) is 1. The molecule has 0 radical (unpaired) electrons. The normalized spacial score (nSPS) is 10.2. The molecule has 2 rings (SSSR count). The number of hydrogen-bond donors (Lipinski definition) is 0. The van der Waals surface area contributed by atoms with E-state index in [1.54, 1.807) is 32.2 Å². The van der Waals surface area contributed by atoms with E-state index in [4.69, 9.17) is 9.47 Å². The van der Waals surface area contributed by atoms with Crippen molar-refractivity contribution in [3.63, 3.8) is 0 Å². The molecular weight excluding hydrogens is 278 g/mol. The Morgan fingerprint density at radius 3 is 2.27 bits per heavy atom. The van der Waals surface area contributed by atoms with Gasteiger partial charge >= 0.3 is 0 Å². The highest BCUT2D eigenvalue weighted by Crippen LogP contribution is 2.20. The predicted octanol–water partition coefficient (Wildman–Crippen LogP) is 3.28. The van der Waals surface area contributed by atoms with Gasteiger partial charge in [-0.3, -0.25) is 4.79 Å². The topological polar surface area (TPSA) is 38.8 Å². The number of carbonyl (C=O) groups is 1. The molecule has 0 aromatic heterocycles. The lowest BCUT2D eigenvalue weighted by atomic mass is 10.1. The second-order valence-corrected chi connectivity index (χ2v) is 5.19. The van der Waals surface area contributed by atoms with Gasteiger partial charge in [-0.15, -0.1) is 0 Å². The second kappa shape index (κ2) is 6.98.